The first-order valence-corrected chi connectivity index (χ1v) is 10.1. The molecule has 0 spiro atoms. The highest BCUT2D eigenvalue weighted by atomic mass is 32.1. The van der Waals surface area contributed by atoms with Crippen LogP contribution in [-0.4, -0.2) is 22.6 Å². The van der Waals surface area contributed by atoms with Crippen LogP contribution < -0.4 is 10.1 Å². The average molecular weight is 382 g/mol. The number of anilines is 1. The summed E-state index contributed by atoms with van der Waals surface area (Å²) in [6.07, 6.45) is 3.13. The van der Waals surface area contributed by atoms with Crippen molar-refractivity contribution >= 4 is 33.1 Å². The number of carbonyl (C=O) groups excluding carboxylic acids is 1. The Kier molecular flexibility index (Phi) is 5.36. The summed E-state index contributed by atoms with van der Waals surface area (Å²) < 4.78 is 6.87. The quantitative estimate of drug-likeness (QED) is 0.617. The number of amides is 1. The highest BCUT2D eigenvalue weighted by Gasteiger charge is 2.22. The molecule has 2 N–H and O–H groups in total. The molecule has 2 aromatic carbocycles. The van der Waals surface area contributed by atoms with Crippen molar-refractivity contribution in [2.24, 2.45) is 0 Å². The second-order valence-electron chi connectivity index (χ2n) is 6.71. The molecule has 1 aliphatic rings. The van der Waals surface area contributed by atoms with Gasteiger partial charge in [-0.25, -0.2) is 4.98 Å². The molecule has 27 heavy (non-hydrogen) atoms. The monoisotopic (exact) mass is 382 g/mol. The lowest BCUT2D eigenvalue weighted by Gasteiger charge is -2.24. The van der Waals surface area contributed by atoms with Crippen molar-refractivity contribution in [3.8, 4) is 5.75 Å². The van der Waals surface area contributed by atoms with Gasteiger partial charge in [0.1, 0.15) is 5.75 Å². The number of aromatic nitrogens is 1. The largest absolute Gasteiger partial charge is 0.491 e. The Bertz CT molecular complexity index is 921. The first-order chi connectivity index (χ1) is 13.2. The summed E-state index contributed by atoms with van der Waals surface area (Å²) in [5.74, 6) is 0.565. The number of nitrogens with one attached hydrogen (secondary N) is 1. The first-order valence-electron chi connectivity index (χ1n) is 9.29. The van der Waals surface area contributed by atoms with E-state index in [9.17, 15) is 9.90 Å². The number of aryl methyl sites for hydroxylation is 1. The molecular formula is C21H22N2O3S. The van der Waals surface area contributed by atoms with Crippen molar-refractivity contribution in [1.29, 1.82) is 0 Å². The minimum atomic E-state index is -0.528. The third-order valence-electron chi connectivity index (χ3n) is 4.70. The number of ether oxygens (including phenoxy) is 1. The molecule has 0 saturated carbocycles. The van der Waals surface area contributed by atoms with Crippen molar-refractivity contribution in [3.05, 3.63) is 53.0 Å². The van der Waals surface area contributed by atoms with Crippen LogP contribution in [-0.2, 0) is 11.2 Å². The summed E-state index contributed by atoms with van der Waals surface area (Å²) in [4.78, 5) is 16.9. The lowest BCUT2D eigenvalue weighted by atomic mass is 10.0. The van der Waals surface area contributed by atoms with Crippen molar-refractivity contribution in [3.63, 3.8) is 0 Å². The van der Waals surface area contributed by atoms with Crippen LogP contribution in [0.3, 0.4) is 0 Å². The molecule has 3 aromatic rings. The summed E-state index contributed by atoms with van der Waals surface area (Å²) in [7, 11) is 0. The van der Waals surface area contributed by atoms with Gasteiger partial charge >= 0.3 is 0 Å². The maximum atomic E-state index is 12.3. The van der Waals surface area contributed by atoms with Crippen LogP contribution in [0.25, 0.3) is 10.2 Å². The third kappa shape index (κ3) is 4.12. The molecule has 1 aliphatic heterocycles. The molecule has 0 saturated heterocycles. The van der Waals surface area contributed by atoms with Gasteiger partial charge in [-0.2, -0.15) is 0 Å². The van der Waals surface area contributed by atoms with Gasteiger partial charge in [0.05, 0.1) is 33.6 Å². The normalized spacial score (nSPS) is 16.0. The molecule has 1 amide bonds. The Morgan fingerprint density at radius 1 is 1.22 bits per heavy atom. The first kappa shape index (κ1) is 17.9. The van der Waals surface area contributed by atoms with Gasteiger partial charge in [0.25, 0.3) is 0 Å². The molecule has 5 nitrogen and oxygen atoms in total. The maximum Gasteiger partial charge on any atom is 0.224 e. The SMILES string of the molecule is O=C(CCCCc1nc2ccccc2s1)Nc1cccc2c1OCCC2O. The van der Waals surface area contributed by atoms with Gasteiger partial charge in [0, 0.05) is 18.4 Å². The topological polar surface area (TPSA) is 71.5 Å². The summed E-state index contributed by atoms with van der Waals surface area (Å²) in [5.41, 5.74) is 2.43. The molecular weight excluding hydrogens is 360 g/mol. The zero-order valence-corrected chi connectivity index (χ0v) is 15.8. The van der Waals surface area contributed by atoms with Crippen LogP contribution in [0.5, 0.6) is 5.75 Å². The number of aliphatic hydroxyl groups excluding tert-OH is 1. The number of para-hydroxylation sites is 2. The van der Waals surface area contributed by atoms with Gasteiger partial charge in [-0.15, -0.1) is 11.3 Å². The standard InChI is InChI=1S/C21H22N2O3S/c24-17-12-13-26-21-14(17)6-5-8-16(21)22-19(25)10-3-4-11-20-23-15-7-1-2-9-18(15)27-20/h1-2,5-9,17,24H,3-4,10-13H2,(H,22,25). The average Bonchev–Trinajstić information content (AvgIpc) is 3.09. The minimum absolute atomic E-state index is 0.0311. The number of hydrogen-bond donors (Lipinski definition) is 2. The Morgan fingerprint density at radius 2 is 2.11 bits per heavy atom. The van der Waals surface area contributed by atoms with Crippen molar-refractivity contribution in [1.82, 2.24) is 4.98 Å². The van der Waals surface area contributed by atoms with Gasteiger partial charge in [0.15, 0.2) is 0 Å². The Labute approximate surface area is 162 Å². The zero-order chi connectivity index (χ0) is 18.6. The molecule has 0 fully saturated rings. The van der Waals surface area contributed by atoms with E-state index in [0.717, 1.165) is 35.4 Å². The highest BCUT2D eigenvalue weighted by Crippen LogP contribution is 2.37. The number of fused-ring (bicyclic) bond motifs is 2. The molecule has 1 aromatic heterocycles. The second kappa shape index (κ2) is 8.06. The van der Waals surface area contributed by atoms with Gasteiger partial charge in [0.2, 0.25) is 5.91 Å². The molecule has 2 heterocycles. The summed E-state index contributed by atoms with van der Waals surface area (Å²) in [6.45, 7) is 0.462. The van der Waals surface area contributed by atoms with Crippen LogP contribution in [0.2, 0.25) is 0 Å². The molecule has 0 bridgehead atoms. The van der Waals surface area contributed by atoms with Crippen molar-refractivity contribution in [2.75, 3.05) is 11.9 Å². The van der Waals surface area contributed by atoms with E-state index in [-0.39, 0.29) is 5.91 Å². The molecule has 1 atom stereocenters. The number of nitrogens with zero attached hydrogens (tertiary/aromatic N) is 1. The van der Waals surface area contributed by atoms with E-state index >= 15 is 0 Å². The smallest absolute Gasteiger partial charge is 0.224 e. The van der Waals surface area contributed by atoms with E-state index in [1.807, 2.05) is 36.4 Å². The fourth-order valence-electron chi connectivity index (χ4n) is 3.31. The summed E-state index contributed by atoms with van der Waals surface area (Å²) in [6, 6.07) is 13.6. The molecule has 0 radical (unpaired) electrons. The van der Waals surface area contributed by atoms with Crippen LogP contribution in [0.4, 0.5) is 5.69 Å². The lowest BCUT2D eigenvalue weighted by molar-refractivity contribution is -0.116. The van der Waals surface area contributed by atoms with Crippen LogP contribution in [0, 0.1) is 0 Å². The predicted octanol–water partition coefficient (Wildman–Crippen LogP) is 4.46. The van der Waals surface area contributed by atoms with E-state index in [2.05, 4.69) is 16.4 Å². The molecule has 0 aliphatic carbocycles. The summed E-state index contributed by atoms with van der Waals surface area (Å²) >= 11 is 1.72. The predicted molar refractivity (Wildman–Crippen MR) is 107 cm³/mol. The zero-order valence-electron chi connectivity index (χ0n) is 15.0. The van der Waals surface area contributed by atoms with Crippen molar-refractivity contribution < 1.29 is 14.6 Å². The van der Waals surface area contributed by atoms with E-state index in [4.69, 9.17) is 4.74 Å². The van der Waals surface area contributed by atoms with E-state index < -0.39 is 6.10 Å². The maximum absolute atomic E-state index is 12.3. The van der Waals surface area contributed by atoms with Crippen LogP contribution >= 0.6 is 11.3 Å². The van der Waals surface area contributed by atoms with E-state index in [1.165, 1.54) is 4.70 Å². The number of benzene rings is 2. The number of rotatable bonds is 6. The number of unbranched alkanes of at least 4 members (excludes halogenated alkanes) is 1. The minimum Gasteiger partial charge on any atom is -0.491 e. The molecule has 6 heteroatoms. The Hall–Kier alpha value is -2.44. The number of aliphatic hydroxyl groups is 1. The summed E-state index contributed by atoms with van der Waals surface area (Å²) in [5, 5.41) is 14.1. The van der Waals surface area contributed by atoms with E-state index in [1.54, 1.807) is 11.3 Å². The Morgan fingerprint density at radius 3 is 3.00 bits per heavy atom. The van der Waals surface area contributed by atoms with Crippen LogP contribution in [0.1, 0.15) is 42.4 Å². The third-order valence-corrected chi connectivity index (χ3v) is 5.80. The van der Waals surface area contributed by atoms with Crippen LogP contribution in [0.15, 0.2) is 42.5 Å². The molecule has 140 valence electrons. The lowest BCUT2D eigenvalue weighted by Crippen LogP contribution is -2.18. The second-order valence-corrected chi connectivity index (χ2v) is 7.82. The molecule has 1 unspecified atom stereocenters. The molecule has 4 rings (SSSR count). The van der Waals surface area contributed by atoms with Crippen molar-refractivity contribution in [2.45, 2.75) is 38.2 Å². The number of thiazole rings is 1. The number of carbonyl (C=O) groups is 1. The van der Waals surface area contributed by atoms with Gasteiger partial charge in [-0.1, -0.05) is 24.3 Å². The highest BCUT2D eigenvalue weighted by molar-refractivity contribution is 7.18. The van der Waals surface area contributed by atoms with Gasteiger partial charge in [-0.3, -0.25) is 4.79 Å². The fourth-order valence-corrected chi connectivity index (χ4v) is 4.32. The number of hydrogen-bond acceptors (Lipinski definition) is 5. The van der Waals surface area contributed by atoms with Gasteiger partial charge in [-0.05, 0) is 37.5 Å². The van der Waals surface area contributed by atoms with Gasteiger partial charge < -0.3 is 15.2 Å². The Balaban J connectivity index is 1.28. The fraction of sp³-hybridized carbons (Fsp3) is 0.333. The van der Waals surface area contributed by atoms with E-state index in [0.29, 0.717) is 30.9 Å².